The normalized spacial score (nSPS) is 18.4. The molecule has 1 atom stereocenters. The number of aryl methyl sites for hydroxylation is 2. The van der Waals surface area contributed by atoms with E-state index in [4.69, 9.17) is 4.74 Å². The second-order valence-electron chi connectivity index (χ2n) is 5.64. The van der Waals surface area contributed by atoms with Crippen molar-refractivity contribution in [2.24, 2.45) is 0 Å². The van der Waals surface area contributed by atoms with Crippen LogP contribution < -0.4 is 5.32 Å². The van der Waals surface area contributed by atoms with Crippen molar-refractivity contribution >= 4 is 0 Å². The molecule has 0 radical (unpaired) electrons. The van der Waals surface area contributed by atoms with Crippen LogP contribution in [0.15, 0.2) is 0 Å². The molecule has 1 aromatic rings. The summed E-state index contributed by atoms with van der Waals surface area (Å²) < 4.78 is 5.59. The van der Waals surface area contributed by atoms with Gasteiger partial charge in [0.25, 0.3) is 0 Å². The zero-order valence-corrected chi connectivity index (χ0v) is 12.7. The van der Waals surface area contributed by atoms with Gasteiger partial charge < -0.3 is 10.1 Å². The highest BCUT2D eigenvalue weighted by Gasteiger charge is 2.29. The highest BCUT2D eigenvalue weighted by molar-refractivity contribution is 5.25. The molecule has 0 amide bonds. The van der Waals surface area contributed by atoms with E-state index in [1.165, 1.54) is 18.4 Å². The van der Waals surface area contributed by atoms with Crippen LogP contribution in [0.3, 0.4) is 0 Å². The maximum atomic E-state index is 5.59. The Hall–Kier alpha value is -1.00. The van der Waals surface area contributed by atoms with Crippen LogP contribution in [-0.2, 0) is 16.9 Å². The Bertz CT molecular complexity index is 428. The van der Waals surface area contributed by atoms with Gasteiger partial charge in [0.2, 0.25) is 0 Å². The van der Waals surface area contributed by atoms with E-state index in [1.807, 2.05) is 6.92 Å². The fourth-order valence-electron chi connectivity index (χ4n) is 2.16. The Morgan fingerprint density at radius 2 is 1.84 bits per heavy atom. The molecule has 0 spiro atoms. The third-order valence-electron chi connectivity index (χ3n) is 4.16. The van der Waals surface area contributed by atoms with Crippen LogP contribution in [-0.4, -0.2) is 23.1 Å². The lowest BCUT2D eigenvalue weighted by Crippen LogP contribution is -2.28. The Labute approximate surface area is 116 Å². The summed E-state index contributed by atoms with van der Waals surface area (Å²) in [7, 11) is 1.72. The molecule has 1 aliphatic carbocycles. The van der Waals surface area contributed by atoms with Crippen LogP contribution in [0.25, 0.3) is 0 Å². The molecule has 0 aromatic carbocycles. The minimum absolute atomic E-state index is 0.391. The molecule has 1 saturated carbocycles. The average Bonchev–Trinajstić information content (AvgIpc) is 3.20. The summed E-state index contributed by atoms with van der Waals surface area (Å²) in [6, 6.07) is 0.707. The summed E-state index contributed by atoms with van der Waals surface area (Å²) in [5.41, 5.74) is 2.96. The largest absolute Gasteiger partial charge is 0.371 e. The smallest absolute Gasteiger partial charge is 0.160 e. The van der Waals surface area contributed by atoms with Crippen molar-refractivity contribution in [1.82, 2.24) is 15.3 Å². The van der Waals surface area contributed by atoms with Crippen molar-refractivity contribution in [2.75, 3.05) is 7.11 Å². The van der Waals surface area contributed by atoms with E-state index in [1.54, 1.807) is 7.11 Å². The Balaban J connectivity index is 2.24. The van der Waals surface area contributed by atoms with Gasteiger partial charge in [0.05, 0.1) is 0 Å². The first-order valence-corrected chi connectivity index (χ1v) is 7.13. The first kappa shape index (κ1) is 14.4. The molecule has 4 heteroatoms. The van der Waals surface area contributed by atoms with Crippen LogP contribution in [0.2, 0.25) is 0 Å². The van der Waals surface area contributed by atoms with E-state index in [0.29, 0.717) is 6.04 Å². The summed E-state index contributed by atoms with van der Waals surface area (Å²) in [5, 5.41) is 3.53. The molecule has 1 N–H and O–H groups in total. The minimum Gasteiger partial charge on any atom is -0.371 e. The van der Waals surface area contributed by atoms with Crippen LogP contribution in [0.5, 0.6) is 0 Å². The molecule has 2 rings (SSSR count). The van der Waals surface area contributed by atoms with Crippen molar-refractivity contribution in [3.8, 4) is 0 Å². The second-order valence-corrected chi connectivity index (χ2v) is 5.64. The van der Waals surface area contributed by atoms with Crippen molar-refractivity contribution in [3.05, 3.63) is 22.8 Å². The standard InChI is InChI=1S/C15H25N3O/c1-6-15(4,19-5)14-17-10(2)13(11(3)18-14)9-16-12-7-8-12/h12,16H,6-9H2,1-5H3. The van der Waals surface area contributed by atoms with Gasteiger partial charge in [-0.25, -0.2) is 9.97 Å². The van der Waals surface area contributed by atoms with Crippen LogP contribution in [0, 0.1) is 13.8 Å². The van der Waals surface area contributed by atoms with E-state index in [0.717, 1.165) is 30.2 Å². The Morgan fingerprint density at radius 1 is 1.26 bits per heavy atom. The molecular weight excluding hydrogens is 238 g/mol. The first-order valence-electron chi connectivity index (χ1n) is 7.13. The number of rotatable bonds is 6. The molecule has 0 saturated heterocycles. The Kier molecular flexibility index (Phi) is 4.21. The lowest BCUT2D eigenvalue weighted by atomic mass is 10.0. The highest BCUT2D eigenvalue weighted by atomic mass is 16.5. The van der Waals surface area contributed by atoms with Gasteiger partial charge >= 0.3 is 0 Å². The monoisotopic (exact) mass is 263 g/mol. The number of methoxy groups -OCH3 is 1. The van der Waals surface area contributed by atoms with Crippen molar-refractivity contribution < 1.29 is 4.74 Å². The first-order chi connectivity index (χ1) is 9.00. The summed E-state index contributed by atoms with van der Waals surface area (Å²) in [6.07, 6.45) is 3.46. The van der Waals surface area contributed by atoms with Gasteiger partial charge in [0, 0.05) is 36.6 Å². The van der Waals surface area contributed by atoms with E-state index in [9.17, 15) is 0 Å². The maximum absolute atomic E-state index is 5.59. The molecule has 1 aromatic heterocycles. The molecule has 1 heterocycles. The van der Waals surface area contributed by atoms with Gasteiger partial charge in [-0.05, 0) is 40.0 Å². The molecule has 1 fully saturated rings. The Morgan fingerprint density at radius 3 is 2.26 bits per heavy atom. The van der Waals surface area contributed by atoms with E-state index in [2.05, 4.69) is 36.1 Å². The molecular formula is C15H25N3O. The number of ether oxygens (including phenoxy) is 1. The van der Waals surface area contributed by atoms with Crippen molar-refractivity contribution in [1.29, 1.82) is 0 Å². The van der Waals surface area contributed by atoms with Crippen LogP contribution in [0.4, 0.5) is 0 Å². The number of aromatic nitrogens is 2. The average molecular weight is 263 g/mol. The van der Waals surface area contributed by atoms with E-state index >= 15 is 0 Å². The third-order valence-corrected chi connectivity index (χ3v) is 4.16. The molecule has 106 valence electrons. The molecule has 4 nitrogen and oxygen atoms in total. The quantitative estimate of drug-likeness (QED) is 0.857. The number of hydrogen-bond acceptors (Lipinski definition) is 4. The molecule has 0 aliphatic heterocycles. The van der Waals surface area contributed by atoms with Gasteiger partial charge in [0.1, 0.15) is 5.60 Å². The van der Waals surface area contributed by atoms with Crippen molar-refractivity contribution in [3.63, 3.8) is 0 Å². The van der Waals surface area contributed by atoms with Gasteiger partial charge in [-0.1, -0.05) is 6.92 Å². The van der Waals surface area contributed by atoms with Gasteiger partial charge in [0.15, 0.2) is 5.82 Å². The maximum Gasteiger partial charge on any atom is 0.160 e. The number of hydrogen-bond donors (Lipinski definition) is 1. The summed E-state index contributed by atoms with van der Waals surface area (Å²) in [6.45, 7) is 9.14. The number of nitrogens with one attached hydrogen (secondary N) is 1. The van der Waals surface area contributed by atoms with Crippen LogP contribution in [0.1, 0.15) is 55.9 Å². The van der Waals surface area contributed by atoms with Crippen molar-refractivity contribution in [2.45, 2.75) is 65.1 Å². The topological polar surface area (TPSA) is 47.0 Å². The summed E-state index contributed by atoms with van der Waals surface area (Å²) >= 11 is 0. The fraction of sp³-hybridized carbons (Fsp3) is 0.733. The fourth-order valence-corrected chi connectivity index (χ4v) is 2.16. The zero-order chi connectivity index (χ0) is 14.0. The van der Waals surface area contributed by atoms with Gasteiger partial charge in [-0.3, -0.25) is 0 Å². The molecule has 0 bridgehead atoms. The zero-order valence-electron chi connectivity index (χ0n) is 12.7. The lowest BCUT2D eigenvalue weighted by Gasteiger charge is -2.26. The number of nitrogens with zero attached hydrogens (tertiary/aromatic N) is 2. The van der Waals surface area contributed by atoms with Gasteiger partial charge in [-0.15, -0.1) is 0 Å². The van der Waals surface area contributed by atoms with E-state index < -0.39 is 5.60 Å². The predicted molar refractivity (Wildman–Crippen MR) is 76.0 cm³/mol. The summed E-state index contributed by atoms with van der Waals surface area (Å²) in [4.78, 5) is 9.34. The predicted octanol–water partition coefficient (Wildman–Crippen LogP) is 2.62. The highest BCUT2D eigenvalue weighted by Crippen LogP contribution is 2.27. The molecule has 1 unspecified atom stereocenters. The van der Waals surface area contributed by atoms with E-state index in [-0.39, 0.29) is 0 Å². The molecule has 1 aliphatic rings. The van der Waals surface area contributed by atoms with Gasteiger partial charge in [-0.2, -0.15) is 0 Å². The summed E-state index contributed by atoms with van der Waals surface area (Å²) in [5.74, 6) is 0.794. The lowest BCUT2D eigenvalue weighted by molar-refractivity contribution is -0.00928. The third kappa shape index (κ3) is 3.12. The minimum atomic E-state index is -0.391. The second kappa shape index (κ2) is 5.55. The molecule has 19 heavy (non-hydrogen) atoms. The van der Waals surface area contributed by atoms with Crippen LogP contribution >= 0.6 is 0 Å². The SMILES string of the molecule is CCC(C)(OC)c1nc(C)c(CNC2CC2)c(C)n1.